The summed E-state index contributed by atoms with van der Waals surface area (Å²) < 4.78 is 5.90. The number of hydrogen-bond acceptors (Lipinski definition) is 2. The topological polar surface area (TPSA) is 35.2 Å². The van der Waals surface area contributed by atoms with Crippen LogP contribution >= 0.6 is 0 Å². The summed E-state index contributed by atoms with van der Waals surface area (Å²) in [4.78, 5) is 0. The third kappa shape index (κ3) is 1.66. The Bertz CT molecular complexity index is 429. The van der Waals surface area contributed by atoms with Gasteiger partial charge in [0.15, 0.2) is 0 Å². The van der Waals surface area contributed by atoms with Crippen LogP contribution in [0.2, 0.25) is 0 Å². The molecule has 1 atom stereocenters. The van der Waals surface area contributed by atoms with Crippen LogP contribution in [0.3, 0.4) is 0 Å². The molecule has 0 amide bonds. The minimum absolute atomic E-state index is 0.0900. The van der Waals surface area contributed by atoms with Gasteiger partial charge in [0.2, 0.25) is 0 Å². The van der Waals surface area contributed by atoms with Gasteiger partial charge in [0.1, 0.15) is 5.75 Å². The van der Waals surface area contributed by atoms with Crippen molar-refractivity contribution in [2.75, 3.05) is 6.61 Å². The quantitative estimate of drug-likeness (QED) is 0.849. The smallest absolute Gasteiger partial charge is 0.122 e. The summed E-state index contributed by atoms with van der Waals surface area (Å²) in [5, 5.41) is 0. The Labute approximate surface area is 103 Å². The highest BCUT2D eigenvalue weighted by Crippen LogP contribution is 2.60. The van der Waals surface area contributed by atoms with E-state index in [1.165, 1.54) is 18.4 Å². The van der Waals surface area contributed by atoms with Gasteiger partial charge in [0.25, 0.3) is 0 Å². The van der Waals surface area contributed by atoms with Crippen molar-refractivity contribution in [2.24, 2.45) is 17.1 Å². The van der Waals surface area contributed by atoms with Gasteiger partial charge in [-0.25, -0.2) is 0 Å². The molecular formula is C15H21NO. The van der Waals surface area contributed by atoms with Crippen molar-refractivity contribution < 1.29 is 4.74 Å². The SMILES string of the molecule is CC(C)(N)C1(C2COc3ccccc3C2)CC1. The van der Waals surface area contributed by atoms with Crippen molar-refractivity contribution in [1.82, 2.24) is 0 Å². The highest BCUT2D eigenvalue weighted by atomic mass is 16.5. The second-order valence-electron chi connectivity index (χ2n) is 6.20. The number of hydrogen-bond donors (Lipinski definition) is 1. The first kappa shape index (κ1) is 11.1. The van der Waals surface area contributed by atoms with Crippen molar-refractivity contribution in [3.05, 3.63) is 29.8 Å². The molecule has 1 fully saturated rings. The van der Waals surface area contributed by atoms with Gasteiger partial charge < -0.3 is 10.5 Å². The molecule has 0 bridgehead atoms. The lowest BCUT2D eigenvalue weighted by Gasteiger charge is -2.40. The fourth-order valence-corrected chi connectivity index (χ4v) is 3.40. The molecule has 2 heteroatoms. The predicted molar refractivity (Wildman–Crippen MR) is 69.1 cm³/mol. The fraction of sp³-hybridized carbons (Fsp3) is 0.600. The number of ether oxygens (including phenoxy) is 1. The normalized spacial score (nSPS) is 25.9. The van der Waals surface area contributed by atoms with E-state index in [-0.39, 0.29) is 5.54 Å². The zero-order chi connectivity index (χ0) is 12.1. The minimum atomic E-state index is -0.0900. The molecule has 1 saturated carbocycles. The molecule has 0 radical (unpaired) electrons. The first-order chi connectivity index (χ1) is 8.03. The van der Waals surface area contributed by atoms with E-state index in [1.54, 1.807) is 0 Å². The third-order valence-corrected chi connectivity index (χ3v) is 4.73. The molecule has 1 aliphatic carbocycles. The first-order valence-corrected chi connectivity index (χ1v) is 6.52. The molecular weight excluding hydrogens is 210 g/mol. The van der Waals surface area contributed by atoms with E-state index >= 15 is 0 Å². The summed E-state index contributed by atoms with van der Waals surface area (Å²) in [6, 6.07) is 8.39. The van der Waals surface area contributed by atoms with Gasteiger partial charge >= 0.3 is 0 Å². The molecule has 17 heavy (non-hydrogen) atoms. The summed E-state index contributed by atoms with van der Waals surface area (Å²) in [7, 11) is 0. The zero-order valence-corrected chi connectivity index (χ0v) is 10.7. The van der Waals surface area contributed by atoms with Crippen LogP contribution in [-0.4, -0.2) is 12.1 Å². The van der Waals surface area contributed by atoms with Gasteiger partial charge in [0.05, 0.1) is 6.61 Å². The van der Waals surface area contributed by atoms with E-state index < -0.39 is 0 Å². The Kier molecular flexibility index (Phi) is 2.27. The van der Waals surface area contributed by atoms with Gasteiger partial charge in [-0.1, -0.05) is 18.2 Å². The Morgan fingerprint density at radius 2 is 2.00 bits per heavy atom. The van der Waals surface area contributed by atoms with Crippen LogP contribution in [0.4, 0.5) is 0 Å². The molecule has 0 spiro atoms. The Balaban J connectivity index is 1.86. The highest BCUT2D eigenvalue weighted by molar-refractivity contribution is 5.36. The van der Waals surface area contributed by atoms with Gasteiger partial charge in [-0.05, 0) is 50.2 Å². The molecule has 3 rings (SSSR count). The van der Waals surface area contributed by atoms with Gasteiger partial charge in [-0.2, -0.15) is 0 Å². The summed E-state index contributed by atoms with van der Waals surface area (Å²) in [6.07, 6.45) is 3.64. The lowest BCUT2D eigenvalue weighted by Crippen LogP contribution is -2.49. The van der Waals surface area contributed by atoms with Crippen molar-refractivity contribution in [3.63, 3.8) is 0 Å². The van der Waals surface area contributed by atoms with Crippen LogP contribution in [0, 0.1) is 11.3 Å². The minimum Gasteiger partial charge on any atom is -0.493 e. The molecule has 1 heterocycles. The molecule has 1 aliphatic heterocycles. The van der Waals surface area contributed by atoms with E-state index in [2.05, 4.69) is 32.0 Å². The second-order valence-corrected chi connectivity index (χ2v) is 6.20. The predicted octanol–water partition coefficient (Wildman–Crippen LogP) is 2.76. The highest BCUT2D eigenvalue weighted by Gasteiger charge is 2.57. The molecule has 2 N–H and O–H groups in total. The Hall–Kier alpha value is -1.02. The molecule has 1 aromatic carbocycles. The van der Waals surface area contributed by atoms with Crippen LogP contribution in [0.1, 0.15) is 32.3 Å². The summed E-state index contributed by atoms with van der Waals surface area (Å²) in [5.74, 6) is 1.65. The van der Waals surface area contributed by atoms with Crippen molar-refractivity contribution >= 4 is 0 Å². The van der Waals surface area contributed by atoms with E-state index in [0.717, 1.165) is 18.8 Å². The molecule has 2 nitrogen and oxygen atoms in total. The maximum Gasteiger partial charge on any atom is 0.122 e. The maximum absolute atomic E-state index is 6.37. The molecule has 0 aromatic heterocycles. The van der Waals surface area contributed by atoms with Gasteiger partial charge in [0, 0.05) is 11.5 Å². The lowest BCUT2D eigenvalue weighted by molar-refractivity contribution is 0.108. The van der Waals surface area contributed by atoms with E-state index in [9.17, 15) is 0 Å². The lowest BCUT2D eigenvalue weighted by atomic mass is 9.72. The van der Waals surface area contributed by atoms with Crippen LogP contribution in [0.25, 0.3) is 0 Å². The van der Waals surface area contributed by atoms with Crippen LogP contribution in [-0.2, 0) is 6.42 Å². The van der Waals surface area contributed by atoms with Gasteiger partial charge in [-0.15, -0.1) is 0 Å². The van der Waals surface area contributed by atoms with Crippen LogP contribution in [0.15, 0.2) is 24.3 Å². The van der Waals surface area contributed by atoms with E-state index in [0.29, 0.717) is 11.3 Å². The van der Waals surface area contributed by atoms with Crippen molar-refractivity contribution in [1.29, 1.82) is 0 Å². The summed E-state index contributed by atoms with van der Waals surface area (Å²) in [5.41, 5.74) is 7.93. The van der Waals surface area contributed by atoms with Crippen molar-refractivity contribution in [3.8, 4) is 5.75 Å². The average molecular weight is 231 g/mol. The monoisotopic (exact) mass is 231 g/mol. The number of para-hydroxylation sites is 1. The Morgan fingerprint density at radius 3 is 2.65 bits per heavy atom. The molecule has 92 valence electrons. The standard InChI is InChI=1S/C15H21NO/c1-14(2,16)15(7-8-15)12-9-11-5-3-4-6-13(11)17-10-12/h3-6,12H,7-10,16H2,1-2H3. The fourth-order valence-electron chi connectivity index (χ4n) is 3.40. The Morgan fingerprint density at radius 1 is 1.29 bits per heavy atom. The van der Waals surface area contributed by atoms with Crippen molar-refractivity contribution in [2.45, 2.75) is 38.6 Å². The summed E-state index contributed by atoms with van der Waals surface area (Å²) >= 11 is 0. The molecule has 0 saturated heterocycles. The largest absolute Gasteiger partial charge is 0.493 e. The van der Waals surface area contributed by atoms with E-state index in [1.807, 2.05) is 6.07 Å². The van der Waals surface area contributed by atoms with Crippen LogP contribution < -0.4 is 10.5 Å². The number of rotatable bonds is 2. The number of nitrogens with two attached hydrogens (primary N) is 1. The summed E-state index contributed by atoms with van der Waals surface area (Å²) in [6.45, 7) is 5.17. The zero-order valence-electron chi connectivity index (χ0n) is 10.7. The number of benzene rings is 1. The number of fused-ring (bicyclic) bond motifs is 1. The third-order valence-electron chi connectivity index (χ3n) is 4.73. The molecule has 1 unspecified atom stereocenters. The molecule has 1 aromatic rings. The van der Waals surface area contributed by atoms with Gasteiger partial charge in [-0.3, -0.25) is 0 Å². The van der Waals surface area contributed by atoms with Crippen LogP contribution in [0.5, 0.6) is 5.75 Å². The average Bonchev–Trinajstić information content (AvgIpc) is 3.09. The second kappa shape index (κ2) is 3.49. The molecule has 2 aliphatic rings. The van der Waals surface area contributed by atoms with E-state index in [4.69, 9.17) is 10.5 Å². The maximum atomic E-state index is 6.37. The first-order valence-electron chi connectivity index (χ1n) is 6.52.